The number of nitro benzene ring substituents is 1. The molecule has 0 bridgehead atoms. The van der Waals surface area contributed by atoms with Crippen LogP contribution in [0.25, 0.3) is 5.69 Å². The van der Waals surface area contributed by atoms with Crippen LogP contribution in [0.2, 0.25) is 0 Å². The Balaban J connectivity index is 1.71. The third kappa shape index (κ3) is 4.84. The van der Waals surface area contributed by atoms with E-state index in [1.54, 1.807) is 25.1 Å². The Morgan fingerprint density at radius 1 is 1.30 bits per heavy atom. The van der Waals surface area contributed by atoms with Crippen molar-refractivity contribution in [1.82, 2.24) is 20.2 Å². The van der Waals surface area contributed by atoms with Gasteiger partial charge in [0.05, 0.1) is 30.5 Å². The highest BCUT2D eigenvalue weighted by atomic mass is 32.2. The first-order chi connectivity index (χ1) is 14.5. The number of nitrogens with one attached hydrogen (secondary N) is 1. The lowest BCUT2D eigenvalue weighted by Crippen LogP contribution is -2.15. The lowest BCUT2D eigenvalue weighted by molar-refractivity contribution is -0.384. The zero-order valence-electron chi connectivity index (χ0n) is 16.1. The van der Waals surface area contributed by atoms with Gasteiger partial charge in [0.15, 0.2) is 0 Å². The van der Waals surface area contributed by atoms with E-state index in [1.165, 1.54) is 23.9 Å². The highest BCUT2D eigenvalue weighted by molar-refractivity contribution is 7.99. The topological polar surface area (TPSA) is 134 Å². The van der Waals surface area contributed by atoms with Crippen molar-refractivity contribution < 1.29 is 19.2 Å². The second-order valence-corrected chi connectivity index (χ2v) is 6.69. The molecular formula is C18H18N6O5S. The number of methoxy groups -OCH3 is 1. The maximum Gasteiger partial charge on any atom is 0.296 e. The van der Waals surface area contributed by atoms with Gasteiger partial charge in [-0.3, -0.25) is 14.9 Å². The maximum absolute atomic E-state index is 12.4. The quantitative estimate of drug-likeness (QED) is 0.309. The zero-order valence-corrected chi connectivity index (χ0v) is 17.0. The fourth-order valence-corrected chi connectivity index (χ4v) is 3.25. The van der Waals surface area contributed by atoms with Gasteiger partial charge in [0.2, 0.25) is 11.1 Å². The van der Waals surface area contributed by atoms with E-state index in [9.17, 15) is 14.9 Å². The van der Waals surface area contributed by atoms with Crippen LogP contribution in [0, 0.1) is 10.1 Å². The van der Waals surface area contributed by atoms with E-state index in [2.05, 4.69) is 20.8 Å². The zero-order chi connectivity index (χ0) is 21.5. The first kappa shape index (κ1) is 21.0. The van der Waals surface area contributed by atoms with Crippen molar-refractivity contribution in [1.29, 1.82) is 0 Å². The molecule has 1 aromatic heterocycles. The minimum Gasteiger partial charge on any atom is -0.494 e. The third-order valence-corrected chi connectivity index (χ3v) is 4.76. The van der Waals surface area contributed by atoms with Crippen LogP contribution in [-0.2, 0) is 4.79 Å². The number of nitro groups is 1. The first-order valence-electron chi connectivity index (χ1n) is 8.79. The Hall–Kier alpha value is -3.67. The molecule has 0 unspecified atom stereocenters. The summed E-state index contributed by atoms with van der Waals surface area (Å²) in [5, 5.41) is 25.8. The highest BCUT2D eigenvalue weighted by Gasteiger charge is 2.19. The van der Waals surface area contributed by atoms with Gasteiger partial charge >= 0.3 is 0 Å². The van der Waals surface area contributed by atoms with Crippen molar-refractivity contribution >= 4 is 29.0 Å². The molecular weight excluding hydrogens is 412 g/mol. The van der Waals surface area contributed by atoms with Gasteiger partial charge in [-0.1, -0.05) is 23.9 Å². The number of amides is 1. The molecule has 3 aromatic rings. The summed E-state index contributed by atoms with van der Waals surface area (Å²) in [6, 6.07) is 11.4. The molecule has 12 heteroatoms. The van der Waals surface area contributed by atoms with Crippen LogP contribution in [0.4, 0.5) is 11.4 Å². The molecule has 3 rings (SSSR count). The van der Waals surface area contributed by atoms with Crippen LogP contribution in [0.1, 0.15) is 6.92 Å². The van der Waals surface area contributed by atoms with E-state index < -0.39 is 10.8 Å². The van der Waals surface area contributed by atoms with E-state index in [-0.39, 0.29) is 17.1 Å². The van der Waals surface area contributed by atoms with Crippen molar-refractivity contribution in [2.24, 2.45) is 0 Å². The molecule has 1 amide bonds. The summed E-state index contributed by atoms with van der Waals surface area (Å²) in [6.07, 6.45) is 0. The summed E-state index contributed by atoms with van der Waals surface area (Å²) in [5.74, 6) is 0.426. The fourth-order valence-electron chi connectivity index (χ4n) is 2.57. The molecule has 1 heterocycles. The van der Waals surface area contributed by atoms with Crippen molar-refractivity contribution in [3.05, 3.63) is 52.6 Å². The van der Waals surface area contributed by atoms with Gasteiger partial charge < -0.3 is 14.8 Å². The van der Waals surface area contributed by atoms with Crippen molar-refractivity contribution in [2.75, 3.05) is 24.8 Å². The van der Waals surface area contributed by atoms with Gasteiger partial charge in [0.1, 0.15) is 22.9 Å². The molecule has 156 valence electrons. The number of nitrogens with zero attached hydrogens (tertiary/aromatic N) is 5. The average molecular weight is 430 g/mol. The van der Waals surface area contributed by atoms with Crippen LogP contribution in [0.5, 0.6) is 11.5 Å². The Morgan fingerprint density at radius 3 is 2.83 bits per heavy atom. The van der Waals surface area contributed by atoms with E-state index in [4.69, 9.17) is 9.47 Å². The van der Waals surface area contributed by atoms with Crippen LogP contribution < -0.4 is 14.8 Å². The standard InChI is InChI=1S/C18H18N6O5S/c1-3-29-12-8-9-13(15(10-12)24(26)27)19-17(25)11-30-18-20-21-22-23(18)14-6-4-5-7-16(14)28-2/h4-10H,3,11H2,1-2H3,(H,19,25). The number of para-hydroxylation sites is 2. The molecule has 0 aliphatic carbocycles. The first-order valence-corrected chi connectivity index (χ1v) is 9.77. The number of tetrazole rings is 1. The predicted molar refractivity (Wildman–Crippen MR) is 109 cm³/mol. The lowest BCUT2D eigenvalue weighted by Gasteiger charge is -2.09. The molecule has 0 aliphatic heterocycles. The number of hydrogen-bond acceptors (Lipinski definition) is 9. The van der Waals surface area contributed by atoms with E-state index in [0.717, 1.165) is 11.8 Å². The Labute approximate surface area is 175 Å². The fraction of sp³-hybridized carbons (Fsp3) is 0.222. The predicted octanol–water partition coefficient (Wildman–Crippen LogP) is 2.71. The van der Waals surface area contributed by atoms with E-state index in [1.807, 2.05) is 12.1 Å². The number of thioether (sulfide) groups is 1. The van der Waals surface area contributed by atoms with Gasteiger partial charge in [0.25, 0.3) is 5.69 Å². The minimum atomic E-state index is -0.576. The number of hydrogen-bond donors (Lipinski definition) is 1. The van der Waals surface area contributed by atoms with Crippen LogP contribution >= 0.6 is 11.8 Å². The molecule has 2 aromatic carbocycles. The summed E-state index contributed by atoms with van der Waals surface area (Å²) in [4.78, 5) is 23.1. The van der Waals surface area contributed by atoms with Gasteiger partial charge in [-0.05, 0) is 41.6 Å². The Bertz CT molecular complexity index is 1060. The smallest absolute Gasteiger partial charge is 0.296 e. The van der Waals surface area contributed by atoms with Crippen LogP contribution in [0.3, 0.4) is 0 Å². The Morgan fingerprint density at radius 2 is 2.10 bits per heavy atom. The van der Waals surface area contributed by atoms with Crippen molar-refractivity contribution in [3.8, 4) is 17.2 Å². The summed E-state index contributed by atoms with van der Waals surface area (Å²) >= 11 is 1.09. The summed E-state index contributed by atoms with van der Waals surface area (Å²) in [7, 11) is 1.53. The number of anilines is 1. The van der Waals surface area contributed by atoms with E-state index >= 15 is 0 Å². The summed E-state index contributed by atoms with van der Waals surface area (Å²) in [6.45, 7) is 2.15. The van der Waals surface area contributed by atoms with Gasteiger partial charge in [-0.15, -0.1) is 5.10 Å². The highest BCUT2D eigenvalue weighted by Crippen LogP contribution is 2.30. The summed E-state index contributed by atoms with van der Waals surface area (Å²) in [5.41, 5.74) is 0.451. The number of ether oxygens (including phenoxy) is 2. The lowest BCUT2D eigenvalue weighted by atomic mass is 10.2. The number of rotatable bonds is 9. The third-order valence-electron chi connectivity index (χ3n) is 3.84. The number of carbonyl (C=O) groups excluding carboxylic acids is 1. The number of aromatic nitrogens is 4. The average Bonchev–Trinajstić information content (AvgIpc) is 3.21. The molecule has 0 saturated carbocycles. The molecule has 1 N–H and O–H groups in total. The molecule has 0 saturated heterocycles. The monoisotopic (exact) mass is 430 g/mol. The van der Waals surface area contributed by atoms with Crippen molar-refractivity contribution in [3.63, 3.8) is 0 Å². The Kier molecular flexibility index (Phi) is 6.80. The molecule has 0 spiro atoms. The molecule has 0 atom stereocenters. The second-order valence-electron chi connectivity index (χ2n) is 5.75. The number of carbonyl (C=O) groups is 1. The minimum absolute atomic E-state index is 0.0557. The van der Waals surface area contributed by atoms with Gasteiger partial charge in [0, 0.05) is 0 Å². The number of benzene rings is 2. The second kappa shape index (κ2) is 9.69. The van der Waals surface area contributed by atoms with E-state index in [0.29, 0.717) is 28.9 Å². The summed E-state index contributed by atoms with van der Waals surface area (Å²) < 4.78 is 12.0. The van der Waals surface area contributed by atoms with Crippen LogP contribution in [0.15, 0.2) is 47.6 Å². The molecule has 30 heavy (non-hydrogen) atoms. The normalized spacial score (nSPS) is 10.5. The van der Waals surface area contributed by atoms with Gasteiger partial charge in [-0.25, -0.2) is 0 Å². The SMILES string of the molecule is CCOc1ccc(NC(=O)CSc2nnnn2-c2ccccc2OC)c([N+](=O)[O-])c1. The van der Waals surface area contributed by atoms with Gasteiger partial charge in [-0.2, -0.15) is 4.68 Å². The molecule has 0 radical (unpaired) electrons. The van der Waals surface area contributed by atoms with Crippen molar-refractivity contribution in [2.45, 2.75) is 12.1 Å². The largest absolute Gasteiger partial charge is 0.494 e. The maximum atomic E-state index is 12.4. The van der Waals surface area contributed by atoms with Crippen LogP contribution in [-0.4, -0.2) is 50.5 Å². The molecule has 11 nitrogen and oxygen atoms in total. The molecule has 0 aliphatic rings. The molecule has 0 fully saturated rings.